The number of hydrogen-bond donors (Lipinski definition) is 0. The van der Waals surface area contributed by atoms with E-state index >= 15 is 0 Å². The third-order valence-electron chi connectivity index (χ3n) is 4.28. The van der Waals surface area contributed by atoms with Crippen molar-refractivity contribution < 1.29 is 0 Å². The molecule has 1 fully saturated rings. The third kappa shape index (κ3) is 3.15. The Kier molecular flexibility index (Phi) is 4.94. The Hall–Kier alpha value is -0.930. The molecule has 3 nitrogen and oxygen atoms in total. The Balaban J connectivity index is 2.17. The summed E-state index contributed by atoms with van der Waals surface area (Å²) in [5.41, 5.74) is 1.32. The first-order chi connectivity index (χ1) is 9.15. The number of rotatable bonds is 4. The predicted molar refractivity (Wildman–Crippen MR) is 86.4 cm³/mol. The molecule has 1 aliphatic rings. The van der Waals surface area contributed by atoms with Crippen LogP contribution in [0.25, 0.3) is 0 Å². The van der Waals surface area contributed by atoms with Gasteiger partial charge in [0.25, 0.3) is 6.98 Å². The topological polar surface area (TPSA) is 9.72 Å². The molecule has 0 atom stereocenters. The SMILES string of the molecule is CCCCN1B(C)N(C)CN(c2ccccc2)B1C. The van der Waals surface area contributed by atoms with Gasteiger partial charge < -0.3 is 14.3 Å². The van der Waals surface area contributed by atoms with Crippen LogP contribution in [-0.2, 0) is 0 Å². The zero-order valence-corrected chi connectivity index (χ0v) is 12.7. The summed E-state index contributed by atoms with van der Waals surface area (Å²) in [5, 5.41) is 0. The normalized spacial score (nSPS) is 18.2. The predicted octanol–water partition coefficient (Wildman–Crippen LogP) is 2.73. The van der Waals surface area contributed by atoms with E-state index in [-0.39, 0.29) is 0 Å². The summed E-state index contributed by atoms with van der Waals surface area (Å²) in [5.74, 6) is 0. The Morgan fingerprint density at radius 1 is 1.11 bits per heavy atom. The van der Waals surface area contributed by atoms with Crippen LogP contribution >= 0.6 is 0 Å². The van der Waals surface area contributed by atoms with E-state index in [0.29, 0.717) is 14.0 Å². The molecule has 1 heterocycles. The highest BCUT2D eigenvalue weighted by Crippen LogP contribution is 2.22. The summed E-state index contributed by atoms with van der Waals surface area (Å²) in [6, 6.07) is 10.7. The molecule has 0 spiro atoms. The number of benzene rings is 1. The van der Waals surface area contributed by atoms with Crippen LogP contribution < -0.4 is 4.81 Å². The monoisotopic (exact) mass is 257 g/mol. The molecule has 0 radical (unpaired) electrons. The molecule has 0 saturated carbocycles. The van der Waals surface area contributed by atoms with Crippen LogP contribution in [0.3, 0.4) is 0 Å². The fourth-order valence-electron chi connectivity index (χ4n) is 2.85. The maximum absolute atomic E-state index is 2.60. The van der Waals surface area contributed by atoms with Gasteiger partial charge in [-0.2, -0.15) is 0 Å². The number of nitrogens with zero attached hydrogens (tertiary/aromatic N) is 3. The highest BCUT2D eigenvalue weighted by Gasteiger charge is 2.38. The largest absolute Gasteiger partial charge is 0.390 e. The van der Waals surface area contributed by atoms with E-state index < -0.39 is 0 Å². The van der Waals surface area contributed by atoms with Crippen LogP contribution in [0.2, 0.25) is 13.6 Å². The summed E-state index contributed by atoms with van der Waals surface area (Å²) in [6.45, 7) is 10.0. The molecule has 19 heavy (non-hydrogen) atoms. The molecule has 2 rings (SSSR count). The minimum Gasteiger partial charge on any atom is -0.390 e. The summed E-state index contributed by atoms with van der Waals surface area (Å²) in [4.78, 5) is 4.90. The van der Waals surface area contributed by atoms with Gasteiger partial charge >= 0.3 is 6.98 Å². The van der Waals surface area contributed by atoms with Gasteiger partial charge in [-0.25, -0.2) is 0 Å². The molecular weight excluding hydrogens is 232 g/mol. The van der Waals surface area contributed by atoms with Crippen LogP contribution in [0.1, 0.15) is 19.8 Å². The second kappa shape index (κ2) is 6.49. The van der Waals surface area contributed by atoms with Crippen LogP contribution in [0.4, 0.5) is 5.69 Å². The summed E-state index contributed by atoms with van der Waals surface area (Å²) in [6.07, 6.45) is 2.52. The average Bonchev–Trinajstić information content (AvgIpc) is 2.44. The van der Waals surface area contributed by atoms with E-state index in [9.17, 15) is 0 Å². The van der Waals surface area contributed by atoms with Gasteiger partial charge in [-0.15, -0.1) is 0 Å². The first kappa shape index (κ1) is 14.5. The van der Waals surface area contributed by atoms with Gasteiger partial charge in [-0.3, -0.25) is 0 Å². The first-order valence-electron chi connectivity index (χ1n) is 7.42. The summed E-state index contributed by atoms with van der Waals surface area (Å²) >= 11 is 0. The Morgan fingerprint density at radius 3 is 2.42 bits per heavy atom. The number of anilines is 1. The molecular formula is C14H25B2N3. The van der Waals surface area contributed by atoms with E-state index in [1.807, 2.05) is 0 Å². The Morgan fingerprint density at radius 2 is 1.79 bits per heavy atom. The van der Waals surface area contributed by atoms with Crippen molar-refractivity contribution in [3.8, 4) is 0 Å². The zero-order chi connectivity index (χ0) is 13.8. The second-order valence-corrected chi connectivity index (χ2v) is 5.56. The molecule has 0 unspecified atom stereocenters. The highest BCUT2D eigenvalue weighted by molar-refractivity contribution is 6.73. The quantitative estimate of drug-likeness (QED) is 0.768. The molecule has 0 aliphatic carbocycles. The molecule has 0 bridgehead atoms. The van der Waals surface area contributed by atoms with Gasteiger partial charge in [-0.1, -0.05) is 45.2 Å². The number of para-hydroxylation sites is 1. The minimum absolute atomic E-state index is 0.458. The molecule has 102 valence electrons. The minimum atomic E-state index is 0.458. The van der Waals surface area contributed by atoms with E-state index in [1.165, 1.54) is 25.1 Å². The van der Waals surface area contributed by atoms with Gasteiger partial charge in [0.2, 0.25) is 0 Å². The summed E-state index contributed by atoms with van der Waals surface area (Å²) in [7, 11) is 2.21. The van der Waals surface area contributed by atoms with Crippen molar-refractivity contribution in [1.82, 2.24) is 9.53 Å². The van der Waals surface area contributed by atoms with Crippen molar-refractivity contribution in [1.29, 1.82) is 0 Å². The van der Waals surface area contributed by atoms with Crippen LogP contribution in [-0.4, -0.2) is 43.8 Å². The van der Waals surface area contributed by atoms with E-state index in [2.05, 4.69) is 72.3 Å². The Labute approximate surface area is 118 Å². The van der Waals surface area contributed by atoms with Crippen LogP contribution in [0.15, 0.2) is 30.3 Å². The van der Waals surface area contributed by atoms with Gasteiger partial charge in [0.05, 0.1) is 6.67 Å². The smallest absolute Gasteiger partial charge is 0.330 e. The zero-order valence-electron chi connectivity index (χ0n) is 12.7. The molecule has 0 aromatic heterocycles. The lowest BCUT2D eigenvalue weighted by molar-refractivity contribution is 0.436. The second-order valence-electron chi connectivity index (χ2n) is 5.56. The van der Waals surface area contributed by atoms with E-state index in [0.717, 1.165) is 6.67 Å². The average molecular weight is 257 g/mol. The third-order valence-corrected chi connectivity index (χ3v) is 4.28. The summed E-state index contributed by atoms with van der Waals surface area (Å²) < 4.78 is 2.60. The van der Waals surface area contributed by atoms with Crippen molar-refractivity contribution in [2.75, 3.05) is 25.1 Å². The fourth-order valence-corrected chi connectivity index (χ4v) is 2.85. The van der Waals surface area contributed by atoms with Crippen molar-refractivity contribution in [3.63, 3.8) is 0 Å². The van der Waals surface area contributed by atoms with Crippen molar-refractivity contribution in [3.05, 3.63) is 30.3 Å². The molecule has 1 aromatic rings. The van der Waals surface area contributed by atoms with Crippen molar-refractivity contribution >= 4 is 19.7 Å². The van der Waals surface area contributed by atoms with Gasteiger partial charge in [-0.05, 0) is 32.1 Å². The lowest BCUT2D eigenvalue weighted by Crippen LogP contribution is -2.69. The molecule has 1 aliphatic heterocycles. The maximum atomic E-state index is 2.60. The molecule has 0 N–H and O–H groups in total. The highest BCUT2D eigenvalue weighted by atomic mass is 15.4. The maximum Gasteiger partial charge on any atom is 0.330 e. The molecule has 5 heteroatoms. The number of unbranched alkanes of at least 4 members (excludes halogenated alkanes) is 1. The molecule has 1 saturated heterocycles. The van der Waals surface area contributed by atoms with E-state index in [4.69, 9.17) is 0 Å². The lowest BCUT2D eigenvalue weighted by atomic mass is 9.57. The number of hydrogen-bond acceptors (Lipinski definition) is 3. The fraction of sp³-hybridized carbons (Fsp3) is 0.571. The van der Waals surface area contributed by atoms with Crippen LogP contribution in [0.5, 0.6) is 0 Å². The molecule has 0 amide bonds. The van der Waals surface area contributed by atoms with Crippen molar-refractivity contribution in [2.24, 2.45) is 0 Å². The lowest BCUT2D eigenvalue weighted by Gasteiger charge is -2.48. The van der Waals surface area contributed by atoms with Gasteiger partial charge in [0.15, 0.2) is 0 Å². The van der Waals surface area contributed by atoms with Crippen LogP contribution in [0, 0.1) is 0 Å². The van der Waals surface area contributed by atoms with E-state index in [1.54, 1.807) is 0 Å². The van der Waals surface area contributed by atoms with Gasteiger partial charge in [0.1, 0.15) is 0 Å². The Bertz CT molecular complexity index is 388. The molecule has 1 aromatic carbocycles. The van der Waals surface area contributed by atoms with Gasteiger partial charge in [0, 0.05) is 5.69 Å². The van der Waals surface area contributed by atoms with Crippen molar-refractivity contribution in [2.45, 2.75) is 33.4 Å². The first-order valence-corrected chi connectivity index (χ1v) is 7.42. The standard InChI is InChI=1S/C14H25B2N3/c1-5-6-12-19-15(2)17(4)13-18(16(19)3)14-10-8-7-9-11-14/h7-11H,5-6,12-13H2,1-4H3.